The van der Waals surface area contributed by atoms with Crippen LogP contribution in [0.2, 0.25) is 0 Å². The molecule has 0 fully saturated rings. The van der Waals surface area contributed by atoms with Gasteiger partial charge in [-0.3, -0.25) is 9.10 Å². The Morgan fingerprint density at radius 1 is 1.06 bits per heavy atom. The van der Waals surface area contributed by atoms with Crippen molar-refractivity contribution < 1.29 is 27.4 Å². The minimum atomic E-state index is -3.67. The summed E-state index contributed by atoms with van der Waals surface area (Å²) in [6.45, 7) is 4.04. The van der Waals surface area contributed by atoms with Crippen molar-refractivity contribution in [3.05, 3.63) is 48.0 Å². The average Bonchev–Trinajstić information content (AvgIpc) is 2.75. The topological polar surface area (TPSA) is 94.2 Å². The summed E-state index contributed by atoms with van der Waals surface area (Å²) in [5.74, 6) is 1.34. The molecule has 2 aromatic rings. The maximum absolute atomic E-state index is 12.6. The van der Waals surface area contributed by atoms with Gasteiger partial charge >= 0.3 is 0 Å². The highest BCUT2D eigenvalue weighted by Gasteiger charge is 2.22. The summed E-state index contributed by atoms with van der Waals surface area (Å²) in [6, 6.07) is 11.6. The van der Waals surface area contributed by atoms with Gasteiger partial charge in [-0.15, -0.1) is 0 Å². The number of anilines is 1. The summed E-state index contributed by atoms with van der Waals surface area (Å²) in [7, 11) is -0.586. The molecule has 0 spiro atoms. The molecule has 0 radical (unpaired) electrons. The van der Waals surface area contributed by atoms with Crippen molar-refractivity contribution in [1.82, 2.24) is 5.32 Å². The average molecular weight is 451 g/mol. The first-order valence-electron chi connectivity index (χ1n) is 9.91. The van der Waals surface area contributed by atoms with Gasteiger partial charge < -0.3 is 19.5 Å². The number of nitrogens with one attached hydrogen (secondary N) is 1. The zero-order chi connectivity index (χ0) is 23.0. The maximum Gasteiger partial charge on any atom is 0.241 e. The van der Waals surface area contributed by atoms with Gasteiger partial charge in [-0.1, -0.05) is 13.0 Å². The zero-order valence-corrected chi connectivity index (χ0v) is 19.4. The van der Waals surface area contributed by atoms with Crippen molar-refractivity contribution in [3.8, 4) is 17.2 Å². The number of carbonyl (C=O) groups excluding carboxylic acids is 1. The molecule has 0 aliphatic carbocycles. The highest BCUT2D eigenvalue weighted by atomic mass is 32.2. The van der Waals surface area contributed by atoms with Crippen molar-refractivity contribution in [1.29, 1.82) is 0 Å². The van der Waals surface area contributed by atoms with Crippen LogP contribution in [0.25, 0.3) is 0 Å². The van der Waals surface area contributed by atoms with Crippen molar-refractivity contribution in [3.63, 3.8) is 0 Å². The Bertz CT molecular complexity index is 976. The van der Waals surface area contributed by atoms with Crippen LogP contribution in [0.4, 0.5) is 5.69 Å². The molecule has 9 heteroatoms. The third-order valence-electron chi connectivity index (χ3n) is 4.57. The Labute approximate surface area is 184 Å². The number of hydrogen-bond acceptors (Lipinski definition) is 6. The molecule has 0 aliphatic rings. The third-order valence-corrected chi connectivity index (χ3v) is 5.71. The monoisotopic (exact) mass is 450 g/mol. The van der Waals surface area contributed by atoms with Gasteiger partial charge in [-0.25, -0.2) is 8.42 Å². The molecule has 0 aliphatic heterocycles. The van der Waals surface area contributed by atoms with Crippen LogP contribution in [0, 0.1) is 0 Å². The SMILES string of the molecule is CCCOc1ccc(N(CC(=O)NC(C)c2ccc(OC)c(OC)c2)S(C)(=O)=O)cc1. The summed E-state index contributed by atoms with van der Waals surface area (Å²) < 4.78 is 41.8. The molecular formula is C22H30N2O6S. The lowest BCUT2D eigenvalue weighted by Gasteiger charge is -2.23. The minimum absolute atomic E-state index is 0.342. The van der Waals surface area contributed by atoms with Gasteiger partial charge in [-0.05, 0) is 55.3 Å². The van der Waals surface area contributed by atoms with Crippen LogP contribution in [-0.4, -0.2) is 48.0 Å². The highest BCUT2D eigenvalue weighted by molar-refractivity contribution is 7.92. The van der Waals surface area contributed by atoms with Crippen molar-refractivity contribution >= 4 is 21.6 Å². The Morgan fingerprint density at radius 3 is 2.26 bits per heavy atom. The summed E-state index contributed by atoms with van der Waals surface area (Å²) in [4.78, 5) is 12.6. The predicted molar refractivity (Wildman–Crippen MR) is 121 cm³/mol. The van der Waals surface area contributed by atoms with E-state index >= 15 is 0 Å². The molecule has 0 saturated carbocycles. The van der Waals surface area contributed by atoms with Gasteiger partial charge in [0.15, 0.2) is 11.5 Å². The molecule has 1 amide bonds. The second kappa shape index (κ2) is 10.9. The molecule has 31 heavy (non-hydrogen) atoms. The van der Waals surface area contributed by atoms with E-state index < -0.39 is 15.9 Å². The van der Waals surface area contributed by atoms with Crippen molar-refractivity contribution in [2.45, 2.75) is 26.3 Å². The standard InChI is InChI=1S/C22H30N2O6S/c1-6-13-30-19-10-8-18(9-11-19)24(31(5,26)27)15-22(25)23-16(2)17-7-12-20(28-3)21(14-17)29-4/h7-12,14,16H,6,13,15H2,1-5H3,(H,23,25). The third kappa shape index (κ3) is 6.78. The lowest BCUT2D eigenvalue weighted by atomic mass is 10.1. The summed E-state index contributed by atoms with van der Waals surface area (Å²) in [5, 5.41) is 2.83. The first-order chi connectivity index (χ1) is 14.7. The van der Waals surface area contributed by atoms with Crippen LogP contribution in [0.5, 0.6) is 17.2 Å². The number of benzene rings is 2. The number of ether oxygens (including phenoxy) is 3. The molecule has 1 unspecified atom stereocenters. The fourth-order valence-corrected chi connectivity index (χ4v) is 3.81. The Balaban J connectivity index is 2.12. The molecule has 0 bridgehead atoms. The Morgan fingerprint density at radius 2 is 1.71 bits per heavy atom. The Hall–Kier alpha value is -2.94. The van der Waals surface area contributed by atoms with E-state index in [0.717, 1.165) is 22.5 Å². The lowest BCUT2D eigenvalue weighted by molar-refractivity contribution is -0.120. The first kappa shape index (κ1) is 24.3. The van der Waals surface area contributed by atoms with Crippen LogP contribution in [0.15, 0.2) is 42.5 Å². The van der Waals surface area contributed by atoms with E-state index in [2.05, 4.69) is 5.32 Å². The van der Waals surface area contributed by atoms with Crippen LogP contribution >= 0.6 is 0 Å². The number of amides is 1. The Kier molecular flexibility index (Phi) is 8.56. The molecule has 1 N–H and O–H groups in total. The van der Waals surface area contributed by atoms with Crippen molar-refractivity contribution in [2.24, 2.45) is 0 Å². The van der Waals surface area contributed by atoms with Gasteiger partial charge in [0.05, 0.1) is 38.8 Å². The summed E-state index contributed by atoms with van der Waals surface area (Å²) >= 11 is 0. The van der Waals surface area contributed by atoms with Gasteiger partial charge in [0.25, 0.3) is 0 Å². The number of hydrogen-bond donors (Lipinski definition) is 1. The molecule has 0 heterocycles. The number of carbonyl (C=O) groups is 1. The van der Waals surface area contributed by atoms with Gasteiger partial charge in [-0.2, -0.15) is 0 Å². The number of nitrogens with zero attached hydrogens (tertiary/aromatic N) is 1. The quantitative estimate of drug-likeness (QED) is 0.565. The molecule has 1 atom stereocenters. The molecule has 170 valence electrons. The van der Waals surface area contributed by atoms with Crippen LogP contribution in [0.3, 0.4) is 0 Å². The van der Waals surface area contributed by atoms with Gasteiger partial charge in [0.2, 0.25) is 15.9 Å². The fraction of sp³-hybridized carbons (Fsp3) is 0.409. The van der Waals surface area contributed by atoms with Crippen LogP contribution in [-0.2, 0) is 14.8 Å². The minimum Gasteiger partial charge on any atom is -0.494 e. The molecule has 2 rings (SSSR count). The zero-order valence-electron chi connectivity index (χ0n) is 18.5. The molecule has 0 aromatic heterocycles. The molecule has 2 aromatic carbocycles. The van der Waals surface area contributed by atoms with E-state index in [0.29, 0.717) is 29.5 Å². The van der Waals surface area contributed by atoms with E-state index in [1.165, 1.54) is 7.11 Å². The van der Waals surface area contributed by atoms with E-state index in [9.17, 15) is 13.2 Å². The highest BCUT2D eigenvalue weighted by Crippen LogP contribution is 2.30. The fourth-order valence-electron chi connectivity index (χ4n) is 2.95. The van der Waals surface area contributed by atoms with Gasteiger partial charge in [0, 0.05) is 0 Å². The molecular weight excluding hydrogens is 420 g/mol. The summed E-state index contributed by atoms with van der Waals surface area (Å²) in [5.41, 5.74) is 1.19. The van der Waals surface area contributed by atoms with E-state index in [4.69, 9.17) is 14.2 Å². The largest absolute Gasteiger partial charge is 0.494 e. The normalized spacial score (nSPS) is 12.0. The number of sulfonamides is 1. The summed E-state index contributed by atoms with van der Waals surface area (Å²) in [6.07, 6.45) is 1.94. The van der Waals surface area contributed by atoms with Gasteiger partial charge in [0.1, 0.15) is 12.3 Å². The predicted octanol–water partition coefficient (Wildman–Crippen LogP) is 3.14. The second-order valence-corrected chi connectivity index (χ2v) is 8.92. The second-order valence-electron chi connectivity index (χ2n) is 7.02. The number of methoxy groups -OCH3 is 2. The first-order valence-corrected chi connectivity index (χ1v) is 11.8. The molecule has 8 nitrogen and oxygen atoms in total. The maximum atomic E-state index is 12.6. The van der Waals surface area contributed by atoms with E-state index in [1.54, 1.807) is 43.5 Å². The van der Waals surface area contributed by atoms with Crippen LogP contribution < -0.4 is 23.8 Å². The lowest BCUT2D eigenvalue weighted by Crippen LogP contribution is -2.41. The van der Waals surface area contributed by atoms with Crippen molar-refractivity contribution in [2.75, 3.05) is 37.9 Å². The smallest absolute Gasteiger partial charge is 0.241 e. The number of rotatable bonds is 11. The molecule has 0 saturated heterocycles. The van der Waals surface area contributed by atoms with E-state index in [-0.39, 0.29) is 12.6 Å². The van der Waals surface area contributed by atoms with E-state index in [1.807, 2.05) is 19.9 Å². The van der Waals surface area contributed by atoms with Crippen LogP contribution in [0.1, 0.15) is 31.9 Å².